The van der Waals surface area contributed by atoms with Crippen molar-refractivity contribution >= 4 is 64.6 Å². The van der Waals surface area contributed by atoms with Gasteiger partial charge in [-0.3, -0.25) is 9.11 Å². The van der Waals surface area contributed by atoms with Gasteiger partial charge in [-0.15, -0.1) is 4.33 Å². The molecule has 3 N–H and O–H groups in total. The molecule has 0 aromatic heterocycles. The number of benzene rings is 5. The van der Waals surface area contributed by atoms with Gasteiger partial charge in [0.05, 0.1) is 18.6 Å². The molecule has 0 aliphatic rings. The molecule has 0 fully saturated rings. The van der Waals surface area contributed by atoms with Gasteiger partial charge in [-0.25, -0.2) is 9.65 Å². The fourth-order valence-corrected chi connectivity index (χ4v) is 8.11. The Morgan fingerprint density at radius 1 is 0.783 bits per heavy atom. The van der Waals surface area contributed by atoms with Gasteiger partial charge < -0.3 is 4.74 Å². The van der Waals surface area contributed by atoms with E-state index in [0.29, 0.717) is 29.2 Å². The van der Waals surface area contributed by atoms with Crippen molar-refractivity contribution in [3.8, 4) is 5.75 Å². The highest BCUT2D eigenvalue weighted by Crippen LogP contribution is 2.46. The Balaban J connectivity index is 1.72. The maximum atomic E-state index is 14.7. The maximum Gasteiger partial charge on any atom is 0.295 e. The summed E-state index contributed by atoms with van der Waals surface area (Å²) in [6, 6.07) is 11.4. The topological polar surface area (TPSA) is 157 Å². The van der Waals surface area contributed by atoms with E-state index in [-0.39, 0.29) is 56.4 Å². The van der Waals surface area contributed by atoms with Gasteiger partial charge in [-0.05, 0) is 71.0 Å². The molecule has 0 radical (unpaired) electrons. The van der Waals surface area contributed by atoms with E-state index >= 15 is 0 Å². The van der Waals surface area contributed by atoms with Gasteiger partial charge in [0, 0.05) is 44.3 Å². The second-order valence-corrected chi connectivity index (χ2v) is 14.8. The molecule has 0 saturated carbocycles. The first-order valence-corrected chi connectivity index (χ1v) is 18.2. The van der Waals surface area contributed by atoms with Gasteiger partial charge in [0.25, 0.3) is 20.2 Å². The lowest BCUT2D eigenvalue weighted by Crippen LogP contribution is -2.12. The number of ether oxygens (including phenoxy) is 1. The average molecular weight is 693 g/mol. The summed E-state index contributed by atoms with van der Waals surface area (Å²) in [6.45, 7) is 8.20. The smallest absolute Gasteiger partial charge is 0.295 e. The van der Waals surface area contributed by atoms with Crippen molar-refractivity contribution in [2.75, 3.05) is 6.61 Å². The van der Waals surface area contributed by atoms with Crippen LogP contribution in [0.5, 0.6) is 5.75 Å². The second-order valence-electron chi connectivity index (χ2n) is 11.3. The van der Waals surface area contributed by atoms with E-state index in [1.807, 2.05) is 27.7 Å². The molecule has 0 heterocycles. The largest absolute Gasteiger partial charge is 0.493 e. The van der Waals surface area contributed by atoms with Crippen LogP contribution >= 0.6 is 12.0 Å². The third-order valence-corrected chi connectivity index (χ3v) is 11.1. The van der Waals surface area contributed by atoms with Crippen LogP contribution in [0.4, 0.5) is 4.39 Å². The van der Waals surface area contributed by atoms with Crippen LogP contribution < -0.4 is 4.74 Å². The molecule has 5 aromatic carbocycles. The molecule has 10 nitrogen and oxygen atoms in total. The highest BCUT2D eigenvalue weighted by molar-refractivity contribution is 7.94. The van der Waals surface area contributed by atoms with Gasteiger partial charge >= 0.3 is 0 Å². The van der Waals surface area contributed by atoms with E-state index in [1.54, 1.807) is 24.3 Å². The van der Waals surface area contributed by atoms with Crippen LogP contribution in [0.1, 0.15) is 69.1 Å². The molecular formula is C32H33FO10S3. The Bertz CT molecular complexity index is 2120. The lowest BCUT2D eigenvalue weighted by molar-refractivity contribution is -0.432. The van der Waals surface area contributed by atoms with Gasteiger partial charge in [-0.1, -0.05) is 50.9 Å². The minimum absolute atomic E-state index is 0.0750. The zero-order valence-electron chi connectivity index (χ0n) is 25.4. The van der Waals surface area contributed by atoms with Crippen LogP contribution in [-0.4, -0.2) is 37.8 Å². The van der Waals surface area contributed by atoms with Crippen LogP contribution in [0.15, 0.2) is 63.2 Å². The summed E-state index contributed by atoms with van der Waals surface area (Å²) in [5.41, 5.74) is 2.72. The summed E-state index contributed by atoms with van der Waals surface area (Å²) >= 11 is 0.467. The molecule has 0 amide bonds. The van der Waals surface area contributed by atoms with Crippen molar-refractivity contribution < 1.29 is 49.7 Å². The van der Waals surface area contributed by atoms with Crippen LogP contribution in [0.2, 0.25) is 0 Å². The summed E-state index contributed by atoms with van der Waals surface area (Å²) in [5, 5.41) is 13.8. The zero-order valence-corrected chi connectivity index (χ0v) is 27.9. The molecule has 0 spiro atoms. The summed E-state index contributed by atoms with van der Waals surface area (Å²) in [5.74, 6) is -0.0391. The van der Waals surface area contributed by atoms with Crippen molar-refractivity contribution in [3.63, 3.8) is 0 Å². The van der Waals surface area contributed by atoms with Crippen LogP contribution in [0.3, 0.4) is 0 Å². The molecule has 5 aromatic rings. The van der Waals surface area contributed by atoms with E-state index in [1.165, 1.54) is 18.2 Å². The van der Waals surface area contributed by atoms with E-state index in [4.69, 9.17) is 9.99 Å². The van der Waals surface area contributed by atoms with Crippen LogP contribution in [0, 0.1) is 5.82 Å². The van der Waals surface area contributed by atoms with E-state index < -0.39 is 30.0 Å². The predicted molar refractivity (Wildman–Crippen MR) is 173 cm³/mol. The summed E-state index contributed by atoms with van der Waals surface area (Å²) in [4.78, 5) is -0.840. The quantitative estimate of drug-likeness (QED) is 0.0359. The summed E-state index contributed by atoms with van der Waals surface area (Å²) in [6.07, 6.45) is 1.98. The molecule has 2 unspecified atom stereocenters. The van der Waals surface area contributed by atoms with E-state index in [0.717, 1.165) is 35.6 Å². The Morgan fingerprint density at radius 2 is 1.28 bits per heavy atom. The predicted octanol–water partition coefficient (Wildman–Crippen LogP) is 8.29. The number of hydrogen-bond acceptors (Lipinski definition) is 9. The Labute approximate surface area is 270 Å². The summed E-state index contributed by atoms with van der Waals surface area (Å²) < 4.78 is 96.0. The fourth-order valence-electron chi connectivity index (χ4n) is 6.08. The molecule has 0 bridgehead atoms. The average Bonchev–Trinajstić information content (AvgIpc) is 3.01. The number of halogens is 1. The molecule has 5 rings (SSSR count). The van der Waals surface area contributed by atoms with Crippen molar-refractivity contribution in [2.45, 2.75) is 73.5 Å². The monoisotopic (exact) mass is 692 g/mol. The van der Waals surface area contributed by atoms with E-state index in [2.05, 4.69) is 9.37 Å². The number of hydrogen-bond donors (Lipinski definition) is 3. The molecule has 0 saturated heterocycles. The minimum atomic E-state index is -4.81. The third kappa shape index (κ3) is 6.40. The molecule has 46 heavy (non-hydrogen) atoms. The molecule has 14 heteroatoms. The Hall–Kier alpha value is -3.08. The summed E-state index contributed by atoms with van der Waals surface area (Å²) in [7, 11) is -9.61. The molecule has 0 aliphatic carbocycles. The molecule has 2 atom stereocenters. The zero-order chi connectivity index (χ0) is 33.6. The highest BCUT2D eigenvalue weighted by atomic mass is 32.2. The first kappa shape index (κ1) is 34.3. The van der Waals surface area contributed by atoms with Crippen LogP contribution in [0.25, 0.3) is 32.3 Å². The van der Waals surface area contributed by atoms with Crippen molar-refractivity contribution in [1.29, 1.82) is 0 Å². The molecule has 246 valence electrons. The van der Waals surface area contributed by atoms with Gasteiger partial charge in [0.15, 0.2) is 0 Å². The van der Waals surface area contributed by atoms with Crippen LogP contribution in [-0.2, 0) is 36.0 Å². The normalized spacial score (nSPS) is 14.0. The lowest BCUT2D eigenvalue weighted by Gasteiger charge is -2.23. The fraction of sp³-hybridized carbons (Fsp3) is 0.312. The first-order valence-electron chi connectivity index (χ1n) is 14.5. The van der Waals surface area contributed by atoms with Crippen molar-refractivity contribution in [1.82, 2.24) is 0 Å². The van der Waals surface area contributed by atoms with Gasteiger partial charge in [0.2, 0.25) is 0 Å². The SMILES string of the molecule is CCC(C)c1cc(F)cc(C(C)CC)c1CCOc1cc(S(=O)(=O)O)c2ccc3c(S(=O)(=O)O)cc(SOOO)c4ccc1c2c43. The number of rotatable bonds is 13. The highest BCUT2D eigenvalue weighted by Gasteiger charge is 2.26. The van der Waals surface area contributed by atoms with E-state index in [9.17, 15) is 30.3 Å². The second kappa shape index (κ2) is 13.2. The minimum Gasteiger partial charge on any atom is -0.493 e. The Kier molecular flexibility index (Phi) is 9.83. The van der Waals surface area contributed by atoms with Crippen molar-refractivity contribution in [2.24, 2.45) is 0 Å². The standard InChI is InChI=1S/C32H33FO10S3/c1-5-17(3)25-13-19(33)14-26(18(4)6-2)20(25)11-12-41-27-15-29(45(35,36)37)23-9-10-24-30(46(38,39)40)16-28(44-43-42-34)22-8-7-21(27)31(23)32(22)24/h7-10,13-18,34H,5-6,11-12H2,1-4H3,(H,35,36,37)(H,38,39,40). The lowest BCUT2D eigenvalue weighted by atomic mass is 9.84. The Morgan fingerprint density at radius 3 is 1.80 bits per heavy atom. The molecular weight excluding hydrogens is 660 g/mol. The third-order valence-electron chi connectivity index (χ3n) is 8.64. The van der Waals surface area contributed by atoms with Gasteiger partial charge in [0.1, 0.15) is 21.4 Å². The maximum absolute atomic E-state index is 14.7. The first-order chi connectivity index (χ1) is 21.7. The van der Waals surface area contributed by atoms with Crippen molar-refractivity contribution in [3.05, 3.63) is 71.0 Å². The molecule has 0 aliphatic heterocycles. The van der Waals surface area contributed by atoms with Gasteiger partial charge in [-0.2, -0.15) is 16.8 Å².